The van der Waals surface area contributed by atoms with E-state index in [1.165, 1.54) is 6.39 Å². The van der Waals surface area contributed by atoms with Crippen LogP contribution < -0.4 is 5.32 Å². The molecule has 1 fully saturated rings. The van der Waals surface area contributed by atoms with Crippen LogP contribution in [0.15, 0.2) is 10.9 Å². The largest absolute Gasteiger partial charge is 0.343 e. The van der Waals surface area contributed by atoms with Crippen molar-refractivity contribution in [1.29, 1.82) is 0 Å². The molecule has 1 N–H and O–H groups in total. The molecule has 1 saturated heterocycles. The Morgan fingerprint density at radius 3 is 2.57 bits per heavy atom. The number of carbonyl (C=O) groups excluding carboxylic acids is 2. The summed E-state index contributed by atoms with van der Waals surface area (Å²) in [5.74, 6) is 0.556. The van der Waals surface area contributed by atoms with E-state index in [-0.39, 0.29) is 24.3 Å². The first-order valence-corrected chi connectivity index (χ1v) is 7.26. The monoisotopic (exact) mass is 294 g/mol. The van der Waals surface area contributed by atoms with Gasteiger partial charge in [0.05, 0.1) is 6.54 Å². The Morgan fingerprint density at radius 2 is 2.05 bits per heavy atom. The Labute approximate surface area is 124 Å². The van der Waals surface area contributed by atoms with Crippen LogP contribution in [0.2, 0.25) is 0 Å². The maximum absolute atomic E-state index is 12.7. The fourth-order valence-electron chi connectivity index (χ4n) is 2.68. The highest BCUT2D eigenvalue weighted by atomic mass is 16.5. The van der Waals surface area contributed by atoms with E-state index < -0.39 is 12.1 Å². The molecule has 21 heavy (non-hydrogen) atoms. The molecule has 0 radical (unpaired) electrons. The van der Waals surface area contributed by atoms with Crippen LogP contribution in [0.1, 0.15) is 39.9 Å². The zero-order valence-corrected chi connectivity index (χ0v) is 12.9. The van der Waals surface area contributed by atoms with Gasteiger partial charge in [-0.3, -0.25) is 9.59 Å². The molecule has 0 aliphatic carbocycles. The fraction of sp³-hybridized carbons (Fsp3) is 0.714. The van der Waals surface area contributed by atoms with Crippen molar-refractivity contribution in [2.24, 2.45) is 11.8 Å². The topological polar surface area (TPSA) is 88.3 Å². The van der Waals surface area contributed by atoms with Crippen LogP contribution in [-0.4, -0.2) is 38.9 Å². The minimum Gasteiger partial charge on any atom is -0.343 e. The van der Waals surface area contributed by atoms with E-state index in [4.69, 9.17) is 4.52 Å². The predicted molar refractivity (Wildman–Crippen MR) is 74.9 cm³/mol. The zero-order chi connectivity index (χ0) is 15.6. The maximum Gasteiger partial charge on any atom is 0.246 e. The van der Waals surface area contributed by atoms with Gasteiger partial charge in [0.15, 0.2) is 5.82 Å². The molecule has 7 nitrogen and oxygen atoms in total. The van der Waals surface area contributed by atoms with Crippen molar-refractivity contribution < 1.29 is 14.1 Å². The number of amides is 2. The molecule has 2 rings (SSSR count). The lowest BCUT2D eigenvalue weighted by atomic mass is 9.93. The van der Waals surface area contributed by atoms with Crippen molar-refractivity contribution in [3.8, 4) is 0 Å². The lowest BCUT2D eigenvalue weighted by Crippen LogP contribution is -2.64. The molecule has 0 aromatic carbocycles. The van der Waals surface area contributed by atoms with Crippen molar-refractivity contribution in [1.82, 2.24) is 20.4 Å². The second-order valence-electron chi connectivity index (χ2n) is 6.19. The van der Waals surface area contributed by atoms with Gasteiger partial charge in [0.25, 0.3) is 0 Å². The van der Waals surface area contributed by atoms with Crippen molar-refractivity contribution in [2.45, 2.75) is 52.7 Å². The smallest absolute Gasteiger partial charge is 0.246 e. The fourth-order valence-corrected chi connectivity index (χ4v) is 2.68. The molecule has 7 heteroatoms. The average Bonchev–Trinajstić information content (AvgIpc) is 2.87. The number of nitrogens with zero attached hydrogens (tertiary/aromatic N) is 3. The van der Waals surface area contributed by atoms with Gasteiger partial charge in [-0.15, -0.1) is 0 Å². The normalized spacial score (nSPS) is 23.0. The molecule has 0 spiro atoms. The summed E-state index contributed by atoms with van der Waals surface area (Å²) < 4.78 is 4.71. The summed E-state index contributed by atoms with van der Waals surface area (Å²) in [5, 5.41) is 6.58. The quantitative estimate of drug-likeness (QED) is 0.874. The highest BCUT2D eigenvalue weighted by Crippen LogP contribution is 2.22. The summed E-state index contributed by atoms with van der Waals surface area (Å²) in [7, 11) is 0. The van der Waals surface area contributed by atoms with E-state index in [0.29, 0.717) is 18.2 Å². The first kappa shape index (κ1) is 15.5. The van der Waals surface area contributed by atoms with Crippen molar-refractivity contribution >= 4 is 11.8 Å². The summed E-state index contributed by atoms with van der Waals surface area (Å²) in [6.45, 7) is 8.09. The van der Waals surface area contributed by atoms with Crippen LogP contribution >= 0.6 is 0 Å². The van der Waals surface area contributed by atoms with E-state index in [2.05, 4.69) is 15.5 Å². The molecule has 2 amide bonds. The zero-order valence-electron chi connectivity index (χ0n) is 12.9. The van der Waals surface area contributed by atoms with Crippen LogP contribution in [-0.2, 0) is 16.1 Å². The molecule has 2 atom stereocenters. The van der Waals surface area contributed by atoms with Crippen LogP contribution in [0.5, 0.6) is 0 Å². The van der Waals surface area contributed by atoms with Gasteiger partial charge in [0.1, 0.15) is 12.1 Å². The van der Waals surface area contributed by atoms with Gasteiger partial charge in [-0.1, -0.05) is 32.9 Å². The summed E-state index contributed by atoms with van der Waals surface area (Å²) >= 11 is 0. The molecule has 2 heterocycles. The molecule has 2 unspecified atom stereocenters. The minimum absolute atomic E-state index is 0.0147. The Morgan fingerprint density at radius 1 is 1.33 bits per heavy atom. The van der Waals surface area contributed by atoms with Crippen LogP contribution in [0, 0.1) is 11.8 Å². The third-order valence-corrected chi connectivity index (χ3v) is 3.56. The summed E-state index contributed by atoms with van der Waals surface area (Å²) in [6.07, 6.45) is 1.85. The Balaban J connectivity index is 2.23. The van der Waals surface area contributed by atoms with Crippen molar-refractivity contribution in [3.05, 3.63) is 12.2 Å². The number of aromatic nitrogens is 2. The number of hydrogen-bond acceptors (Lipinski definition) is 5. The lowest BCUT2D eigenvalue weighted by molar-refractivity contribution is -0.152. The Hall–Kier alpha value is -1.92. The third-order valence-electron chi connectivity index (χ3n) is 3.56. The predicted octanol–water partition coefficient (Wildman–Crippen LogP) is 0.967. The summed E-state index contributed by atoms with van der Waals surface area (Å²) in [4.78, 5) is 30.5. The molecular weight excluding hydrogens is 272 g/mol. The Bertz CT molecular complexity index is 498. The van der Waals surface area contributed by atoms with E-state index >= 15 is 0 Å². The first-order valence-electron chi connectivity index (χ1n) is 7.26. The SMILES string of the molecule is CC(C)CC1NC(=O)C(C(C)C)N(Cc2ncon2)C1=O. The van der Waals surface area contributed by atoms with E-state index in [9.17, 15) is 9.59 Å². The minimum atomic E-state index is -0.501. The number of hydrogen-bond donors (Lipinski definition) is 1. The van der Waals surface area contributed by atoms with E-state index in [0.717, 1.165) is 0 Å². The number of rotatable bonds is 5. The summed E-state index contributed by atoms with van der Waals surface area (Å²) in [5.41, 5.74) is 0. The van der Waals surface area contributed by atoms with E-state index in [1.807, 2.05) is 27.7 Å². The van der Waals surface area contributed by atoms with Crippen LogP contribution in [0.25, 0.3) is 0 Å². The second-order valence-corrected chi connectivity index (χ2v) is 6.19. The highest BCUT2D eigenvalue weighted by molar-refractivity contribution is 5.97. The van der Waals surface area contributed by atoms with Gasteiger partial charge >= 0.3 is 0 Å². The molecule has 116 valence electrons. The van der Waals surface area contributed by atoms with Gasteiger partial charge < -0.3 is 14.7 Å². The van der Waals surface area contributed by atoms with E-state index in [1.54, 1.807) is 4.90 Å². The number of piperazine rings is 1. The van der Waals surface area contributed by atoms with Gasteiger partial charge in [0, 0.05) is 0 Å². The number of nitrogens with one attached hydrogen (secondary N) is 1. The molecule has 0 saturated carbocycles. The maximum atomic E-state index is 12.7. The van der Waals surface area contributed by atoms with Gasteiger partial charge in [-0.05, 0) is 18.3 Å². The molecule has 1 aliphatic heterocycles. The summed E-state index contributed by atoms with van der Waals surface area (Å²) in [6, 6.07) is -0.973. The van der Waals surface area contributed by atoms with Gasteiger partial charge in [0.2, 0.25) is 18.2 Å². The molecule has 1 aliphatic rings. The molecule has 1 aromatic rings. The molecule has 1 aromatic heterocycles. The molecule has 0 bridgehead atoms. The van der Waals surface area contributed by atoms with Crippen LogP contribution in [0.4, 0.5) is 0 Å². The van der Waals surface area contributed by atoms with Gasteiger partial charge in [-0.25, -0.2) is 0 Å². The highest BCUT2D eigenvalue weighted by Gasteiger charge is 2.42. The lowest BCUT2D eigenvalue weighted by Gasteiger charge is -2.40. The van der Waals surface area contributed by atoms with Gasteiger partial charge in [-0.2, -0.15) is 4.98 Å². The van der Waals surface area contributed by atoms with Crippen LogP contribution in [0.3, 0.4) is 0 Å². The van der Waals surface area contributed by atoms with Crippen molar-refractivity contribution in [2.75, 3.05) is 0 Å². The Kier molecular flexibility index (Phi) is 4.59. The number of carbonyl (C=O) groups is 2. The standard InChI is InChI=1S/C14H22N4O3/c1-8(2)5-10-14(20)18(6-11-15-7-21-17-11)12(9(3)4)13(19)16-10/h7-10,12H,5-6H2,1-4H3,(H,16,19). The first-order chi connectivity index (χ1) is 9.90. The second kappa shape index (κ2) is 6.24. The average molecular weight is 294 g/mol. The molecular formula is C14H22N4O3. The van der Waals surface area contributed by atoms with Crippen molar-refractivity contribution in [3.63, 3.8) is 0 Å². The third kappa shape index (κ3) is 3.40.